The lowest BCUT2D eigenvalue weighted by molar-refractivity contribution is -0.181. The smallest absolute Gasteiger partial charge is 0.324 e. The van der Waals surface area contributed by atoms with Crippen LogP contribution in [0.25, 0.3) is 0 Å². The molecule has 0 rings (SSSR count). The van der Waals surface area contributed by atoms with Crippen LogP contribution < -0.4 is 0 Å². The summed E-state index contributed by atoms with van der Waals surface area (Å²) < 4.78 is 5.48. The van der Waals surface area contributed by atoms with Crippen LogP contribution in [0.5, 0.6) is 0 Å². The molecule has 0 amide bonds. The van der Waals surface area contributed by atoms with Gasteiger partial charge in [0.05, 0.1) is 6.10 Å². The van der Waals surface area contributed by atoms with Crippen LogP contribution in [0.4, 0.5) is 0 Å². The van der Waals surface area contributed by atoms with Crippen molar-refractivity contribution in [2.45, 2.75) is 92.6 Å². The summed E-state index contributed by atoms with van der Waals surface area (Å²) in [4.78, 5) is 24.3. The molecule has 0 aliphatic carbocycles. The molecule has 0 bridgehead atoms. The Labute approximate surface area is 135 Å². The van der Waals surface area contributed by atoms with Crippen molar-refractivity contribution in [2.24, 2.45) is 10.8 Å². The van der Waals surface area contributed by atoms with Gasteiger partial charge in [-0.3, -0.25) is 9.59 Å². The maximum absolute atomic E-state index is 12.5. The molecule has 1 N–H and O–H groups in total. The van der Waals surface area contributed by atoms with Gasteiger partial charge < -0.3 is 9.84 Å². The van der Waals surface area contributed by atoms with E-state index in [1.807, 2.05) is 6.92 Å². The van der Waals surface area contributed by atoms with Crippen LogP contribution in [0.2, 0.25) is 0 Å². The summed E-state index contributed by atoms with van der Waals surface area (Å²) >= 11 is 0. The monoisotopic (exact) mass is 314 g/mol. The van der Waals surface area contributed by atoms with Gasteiger partial charge in [-0.2, -0.15) is 0 Å². The number of carboxylic acids is 1. The first kappa shape index (κ1) is 20.9. The molecule has 4 heteroatoms. The first-order valence-electron chi connectivity index (χ1n) is 8.58. The van der Waals surface area contributed by atoms with Crippen molar-refractivity contribution in [2.75, 3.05) is 0 Å². The van der Waals surface area contributed by atoms with Crippen LogP contribution in [0.1, 0.15) is 86.5 Å². The standard InChI is InChI=1S/C18H34O4/c1-7-9-10-11-12-13-14(3)22-16(21)18(8-2,15(19)20)17(4,5)6/h14H,7-13H2,1-6H3,(H,19,20). The summed E-state index contributed by atoms with van der Waals surface area (Å²) in [5, 5.41) is 9.62. The third-order valence-corrected chi connectivity index (χ3v) is 4.55. The fraction of sp³-hybridized carbons (Fsp3) is 0.889. The van der Waals surface area contributed by atoms with Crippen LogP contribution in [-0.2, 0) is 14.3 Å². The van der Waals surface area contributed by atoms with E-state index in [0.717, 1.165) is 19.3 Å². The van der Waals surface area contributed by atoms with E-state index in [0.29, 0.717) is 0 Å². The average molecular weight is 314 g/mol. The summed E-state index contributed by atoms with van der Waals surface area (Å²) in [6.45, 7) is 11.1. The molecule has 0 fully saturated rings. The highest BCUT2D eigenvalue weighted by Crippen LogP contribution is 2.43. The third-order valence-electron chi connectivity index (χ3n) is 4.55. The van der Waals surface area contributed by atoms with Crippen molar-refractivity contribution < 1.29 is 19.4 Å². The van der Waals surface area contributed by atoms with Gasteiger partial charge in [0.1, 0.15) is 0 Å². The van der Waals surface area contributed by atoms with E-state index in [1.165, 1.54) is 19.3 Å². The van der Waals surface area contributed by atoms with Gasteiger partial charge in [0, 0.05) is 0 Å². The Morgan fingerprint density at radius 3 is 2.00 bits per heavy atom. The second-order valence-electron chi connectivity index (χ2n) is 7.23. The molecule has 0 aromatic rings. The van der Waals surface area contributed by atoms with Gasteiger partial charge in [0.15, 0.2) is 5.41 Å². The maximum atomic E-state index is 12.5. The molecule has 0 saturated heterocycles. The summed E-state index contributed by atoms with van der Waals surface area (Å²) in [7, 11) is 0. The van der Waals surface area contributed by atoms with Crippen molar-refractivity contribution in [1.29, 1.82) is 0 Å². The highest BCUT2D eigenvalue weighted by molar-refractivity contribution is 6.00. The fourth-order valence-corrected chi connectivity index (χ4v) is 2.92. The molecule has 0 radical (unpaired) electrons. The minimum absolute atomic E-state index is 0.230. The molecule has 22 heavy (non-hydrogen) atoms. The Kier molecular flexibility index (Phi) is 8.72. The zero-order chi connectivity index (χ0) is 17.4. The van der Waals surface area contributed by atoms with Gasteiger partial charge >= 0.3 is 11.9 Å². The number of carbonyl (C=O) groups is 2. The van der Waals surface area contributed by atoms with Gasteiger partial charge in [-0.25, -0.2) is 0 Å². The molecule has 0 aliphatic rings. The van der Waals surface area contributed by atoms with E-state index in [4.69, 9.17) is 4.74 Å². The molecular weight excluding hydrogens is 280 g/mol. The van der Waals surface area contributed by atoms with Gasteiger partial charge in [-0.05, 0) is 31.6 Å². The van der Waals surface area contributed by atoms with Crippen molar-refractivity contribution in [1.82, 2.24) is 0 Å². The molecule has 0 aliphatic heterocycles. The molecule has 4 nitrogen and oxygen atoms in total. The highest BCUT2D eigenvalue weighted by atomic mass is 16.5. The van der Waals surface area contributed by atoms with Crippen LogP contribution in [0, 0.1) is 10.8 Å². The number of ether oxygens (including phenoxy) is 1. The maximum Gasteiger partial charge on any atom is 0.324 e. The van der Waals surface area contributed by atoms with Gasteiger partial charge in [-0.1, -0.05) is 60.3 Å². The van der Waals surface area contributed by atoms with Crippen LogP contribution in [0.15, 0.2) is 0 Å². The predicted molar refractivity (Wildman–Crippen MR) is 88.7 cm³/mol. The van der Waals surface area contributed by atoms with Crippen molar-refractivity contribution in [3.05, 3.63) is 0 Å². The normalized spacial score (nSPS) is 15.9. The van der Waals surface area contributed by atoms with Gasteiger partial charge in [0.25, 0.3) is 0 Å². The number of aliphatic carboxylic acids is 1. The Morgan fingerprint density at radius 2 is 1.59 bits per heavy atom. The Hall–Kier alpha value is -1.06. The number of hydrogen-bond donors (Lipinski definition) is 1. The molecular formula is C18H34O4. The van der Waals surface area contributed by atoms with Crippen molar-refractivity contribution in [3.63, 3.8) is 0 Å². The molecule has 0 aromatic carbocycles. The lowest BCUT2D eigenvalue weighted by Crippen LogP contribution is -2.50. The zero-order valence-corrected chi connectivity index (χ0v) is 15.2. The summed E-state index contributed by atoms with van der Waals surface area (Å²) in [6, 6.07) is 0. The van der Waals surface area contributed by atoms with E-state index in [9.17, 15) is 14.7 Å². The minimum Gasteiger partial charge on any atom is -0.480 e. The Bertz CT molecular complexity index is 357. The first-order chi connectivity index (χ1) is 10.1. The average Bonchev–Trinajstić information content (AvgIpc) is 2.37. The molecule has 0 aromatic heterocycles. The second kappa shape index (κ2) is 9.16. The fourth-order valence-electron chi connectivity index (χ4n) is 2.92. The summed E-state index contributed by atoms with van der Waals surface area (Å²) in [5.41, 5.74) is -2.17. The third kappa shape index (κ3) is 5.29. The van der Waals surface area contributed by atoms with Crippen LogP contribution in [0.3, 0.4) is 0 Å². The molecule has 0 saturated carbocycles. The second-order valence-corrected chi connectivity index (χ2v) is 7.23. The van der Waals surface area contributed by atoms with Gasteiger partial charge in [0.2, 0.25) is 0 Å². The molecule has 0 heterocycles. The predicted octanol–water partition coefficient (Wildman–Crippen LogP) is 4.81. The van der Waals surface area contributed by atoms with Crippen LogP contribution in [-0.4, -0.2) is 23.1 Å². The number of unbranched alkanes of at least 4 members (excludes halogenated alkanes) is 4. The Balaban J connectivity index is 4.68. The van der Waals surface area contributed by atoms with Crippen LogP contribution >= 0.6 is 0 Å². The van der Waals surface area contributed by atoms with E-state index in [-0.39, 0.29) is 12.5 Å². The van der Waals surface area contributed by atoms with Crippen molar-refractivity contribution in [3.8, 4) is 0 Å². The number of esters is 1. The number of rotatable bonds is 10. The Morgan fingerprint density at radius 1 is 1.05 bits per heavy atom. The lowest BCUT2D eigenvalue weighted by Gasteiger charge is -2.38. The van der Waals surface area contributed by atoms with Crippen molar-refractivity contribution >= 4 is 11.9 Å². The minimum atomic E-state index is -1.48. The zero-order valence-electron chi connectivity index (χ0n) is 15.2. The number of carbonyl (C=O) groups excluding carboxylic acids is 1. The summed E-state index contributed by atoms with van der Waals surface area (Å²) in [6.07, 6.45) is 6.56. The molecule has 0 spiro atoms. The first-order valence-corrected chi connectivity index (χ1v) is 8.58. The molecule has 2 atom stereocenters. The van der Waals surface area contributed by atoms with Gasteiger partial charge in [-0.15, -0.1) is 0 Å². The SMILES string of the molecule is CCCCCCCC(C)OC(=O)C(CC)(C(=O)O)C(C)(C)C. The number of hydrogen-bond acceptors (Lipinski definition) is 3. The molecule has 2 unspecified atom stereocenters. The largest absolute Gasteiger partial charge is 0.480 e. The van der Waals surface area contributed by atoms with E-state index in [2.05, 4.69) is 6.92 Å². The van der Waals surface area contributed by atoms with E-state index >= 15 is 0 Å². The topological polar surface area (TPSA) is 63.6 Å². The number of carboxylic acid groups (broad SMARTS) is 1. The van der Waals surface area contributed by atoms with E-state index in [1.54, 1.807) is 27.7 Å². The highest BCUT2D eigenvalue weighted by Gasteiger charge is 2.55. The summed E-state index contributed by atoms with van der Waals surface area (Å²) in [5.74, 6) is -1.70. The van der Waals surface area contributed by atoms with E-state index < -0.39 is 22.8 Å². The quantitative estimate of drug-likeness (QED) is 0.357. The lowest BCUT2D eigenvalue weighted by atomic mass is 9.65. The molecule has 130 valence electrons.